The number of halogens is 1. The van der Waals surface area contributed by atoms with Crippen molar-refractivity contribution in [2.45, 2.75) is 43.5 Å². The fraction of sp³-hybridized carbons (Fsp3) is 0.600. The Morgan fingerprint density at radius 3 is 2.72 bits per heavy atom. The molecule has 1 aromatic rings. The maximum absolute atomic E-state index is 6.20. The Morgan fingerprint density at radius 2 is 2.06 bits per heavy atom. The third-order valence-electron chi connectivity index (χ3n) is 3.69. The molecule has 0 aromatic heterocycles. The van der Waals surface area contributed by atoms with Gasteiger partial charge in [-0.1, -0.05) is 43.5 Å². The van der Waals surface area contributed by atoms with Gasteiger partial charge < -0.3 is 5.32 Å². The lowest BCUT2D eigenvalue weighted by atomic mass is 10.00. The molecule has 1 unspecified atom stereocenters. The fourth-order valence-electron chi connectivity index (χ4n) is 2.72. The molecule has 2 rings (SSSR count). The van der Waals surface area contributed by atoms with Crippen LogP contribution in [0.5, 0.6) is 0 Å². The lowest BCUT2D eigenvalue weighted by Crippen LogP contribution is -2.37. The molecule has 0 bridgehead atoms. The highest BCUT2D eigenvalue weighted by molar-refractivity contribution is 7.99. The summed E-state index contributed by atoms with van der Waals surface area (Å²) in [7, 11) is 0. The summed E-state index contributed by atoms with van der Waals surface area (Å²) in [4.78, 5) is 1.21. The number of rotatable bonds is 6. The van der Waals surface area contributed by atoms with E-state index in [9.17, 15) is 0 Å². The van der Waals surface area contributed by atoms with Crippen LogP contribution in [-0.2, 0) is 0 Å². The zero-order chi connectivity index (χ0) is 12.8. The van der Waals surface area contributed by atoms with Gasteiger partial charge in [-0.15, -0.1) is 11.8 Å². The van der Waals surface area contributed by atoms with E-state index in [-0.39, 0.29) is 0 Å². The van der Waals surface area contributed by atoms with Gasteiger partial charge in [-0.05, 0) is 37.4 Å². The average Bonchev–Trinajstić information content (AvgIpc) is 2.90. The van der Waals surface area contributed by atoms with E-state index in [1.807, 2.05) is 23.9 Å². The van der Waals surface area contributed by atoms with Crippen LogP contribution in [0.1, 0.15) is 32.6 Å². The van der Waals surface area contributed by atoms with Crippen LogP contribution in [0.4, 0.5) is 0 Å². The molecule has 0 radical (unpaired) electrons. The first kappa shape index (κ1) is 14.2. The maximum atomic E-state index is 6.20. The number of hydrogen-bond acceptors (Lipinski definition) is 2. The van der Waals surface area contributed by atoms with Gasteiger partial charge in [0.05, 0.1) is 5.02 Å². The third kappa shape index (κ3) is 3.91. The van der Waals surface area contributed by atoms with Gasteiger partial charge >= 0.3 is 0 Å². The van der Waals surface area contributed by atoms with Gasteiger partial charge in [-0.25, -0.2) is 0 Å². The zero-order valence-electron chi connectivity index (χ0n) is 11.0. The first-order valence-electron chi connectivity index (χ1n) is 6.92. The standard InChI is InChI=1S/C15H22ClNS/c1-2-17-14(12-7-3-4-8-12)11-18-15-10-6-5-9-13(15)16/h5-6,9-10,12,14,17H,2-4,7-8,11H2,1H3. The van der Waals surface area contributed by atoms with Crippen molar-refractivity contribution in [3.63, 3.8) is 0 Å². The Labute approximate surface area is 120 Å². The third-order valence-corrected chi connectivity index (χ3v) is 5.32. The Bertz CT molecular complexity index is 363. The SMILES string of the molecule is CCNC(CSc1ccccc1Cl)C1CCCC1. The molecule has 1 saturated carbocycles. The van der Waals surface area contributed by atoms with Gasteiger partial charge in [0.2, 0.25) is 0 Å². The number of thioether (sulfide) groups is 1. The highest BCUT2D eigenvalue weighted by atomic mass is 35.5. The molecule has 1 N–H and O–H groups in total. The van der Waals surface area contributed by atoms with Crippen molar-refractivity contribution in [2.75, 3.05) is 12.3 Å². The van der Waals surface area contributed by atoms with E-state index in [0.717, 1.165) is 23.2 Å². The molecular formula is C15H22ClNS. The van der Waals surface area contributed by atoms with Crippen molar-refractivity contribution in [2.24, 2.45) is 5.92 Å². The molecule has 1 fully saturated rings. The van der Waals surface area contributed by atoms with Crippen LogP contribution in [0, 0.1) is 5.92 Å². The highest BCUT2D eigenvalue weighted by Gasteiger charge is 2.24. The fourth-order valence-corrected chi connectivity index (χ4v) is 4.15. The monoisotopic (exact) mass is 283 g/mol. The Morgan fingerprint density at radius 1 is 1.33 bits per heavy atom. The summed E-state index contributed by atoms with van der Waals surface area (Å²) >= 11 is 8.09. The summed E-state index contributed by atoms with van der Waals surface area (Å²) in [6, 6.07) is 8.78. The normalized spacial score (nSPS) is 18.1. The molecule has 1 aliphatic carbocycles. The minimum atomic E-state index is 0.638. The molecule has 1 aromatic carbocycles. The van der Waals surface area contributed by atoms with E-state index in [4.69, 9.17) is 11.6 Å². The summed E-state index contributed by atoms with van der Waals surface area (Å²) < 4.78 is 0. The predicted molar refractivity (Wildman–Crippen MR) is 81.6 cm³/mol. The second kappa shape index (κ2) is 7.42. The first-order chi connectivity index (χ1) is 8.81. The maximum Gasteiger partial charge on any atom is 0.0541 e. The van der Waals surface area contributed by atoms with Gasteiger partial charge in [0, 0.05) is 16.7 Å². The van der Waals surface area contributed by atoms with Gasteiger partial charge in [-0.3, -0.25) is 0 Å². The van der Waals surface area contributed by atoms with Crippen molar-refractivity contribution >= 4 is 23.4 Å². The van der Waals surface area contributed by atoms with Crippen LogP contribution in [-0.4, -0.2) is 18.3 Å². The van der Waals surface area contributed by atoms with Crippen LogP contribution in [0.15, 0.2) is 29.2 Å². The van der Waals surface area contributed by atoms with Gasteiger partial charge in [-0.2, -0.15) is 0 Å². The van der Waals surface area contributed by atoms with E-state index < -0.39 is 0 Å². The van der Waals surface area contributed by atoms with Gasteiger partial charge in [0.1, 0.15) is 0 Å². The quantitative estimate of drug-likeness (QED) is 0.766. The summed E-state index contributed by atoms with van der Waals surface area (Å²) in [5, 5.41) is 4.53. The molecule has 100 valence electrons. The summed E-state index contributed by atoms with van der Waals surface area (Å²) in [6.07, 6.45) is 5.59. The predicted octanol–water partition coefficient (Wildman–Crippen LogP) is 4.60. The summed E-state index contributed by atoms with van der Waals surface area (Å²) in [6.45, 7) is 3.26. The topological polar surface area (TPSA) is 12.0 Å². The molecule has 0 aliphatic heterocycles. The van der Waals surface area contributed by atoms with Crippen LogP contribution in [0.2, 0.25) is 5.02 Å². The molecular weight excluding hydrogens is 262 g/mol. The van der Waals surface area contributed by atoms with Crippen molar-refractivity contribution in [3.8, 4) is 0 Å². The van der Waals surface area contributed by atoms with E-state index in [1.54, 1.807) is 0 Å². The van der Waals surface area contributed by atoms with Crippen molar-refractivity contribution in [3.05, 3.63) is 29.3 Å². The molecule has 1 aliphatic rings. The molecule has 0 saturated heterocycles. The first-order valence-corrected chi connectivity index (χ1v) is 8.28. The molecule has 0 amide bonds. The molecule has 1 atom stereocenters. The Kier molecular flexibility index (Phi) is 5.87. The van der Waals surface area contributed by atoms with Gasteiger partial charge in [0.15, 0.2) is 0 Å². The average molecular weight is 284 g/mol. The van der Waals surface area contributed by atoms with E-state index in [2.05, 4.69) is 24.4 Å². The van der Waals surface area contributed by atoms with Crippen LogP contribution in [0.3, 0.4) is 0 Å². The van der Waals surface area contributed by atoms with Crippen LogP contribution in [0.25, 0.3) is 0 Å². The number of hydrogen-bond donors (Lipinski definition) is 1. The Hall–Kier alpha value is -0.180. The zero-order valence-corrected chi connectivity index (χ0v) is 12.6. The van der Waals surface area contributed by atoms with E-state index in [0.29, 0.717) is 6.04 Å². The largest absolute Gasteiger partial charge is 0.313 e. The van der Waals surface area contributed by atoms with Crippen molar-refractivity contribution < 1.29 is 0 Å². The lowest BCUT2D eigenvalue weighted by Gasteiger charge is -2.24. The van der Waals surface area contributed by atoms with E-state index >= 15 is 0 Å². The molecule has 0 heterocycles. The van der Waals surface area contributed by atoms with Gasteiger partial charge in [0.25, 0.3) is 0 Å². The second-order valence-electron chi connectivity index (χ2n) is 4.95. The smallest absolute Gasteiger partial charge is 0.0541 e. The molecule has 18 heavy (non-hydrogen) atoms. The van der Waals surface area contributed by atoms with Crippen molar-refractivity contribution in [1.82, 2.24) is 5.32 Å². The van der Waals surface area contributed by atoms with Crippen LogP contribution < -0.4 is 5.32 Å². The highest BCUT2D eigenvalue weighted by Crippen LogP contribution is 2.32. The Balaban J connectivity index is 1.91. The van der Waals surface area contributed by atoms with Crippen LogP contribution >= 0.6 is 23.4 Å². The van der Waals surface area contributed by atoms with Crippen molar-refractivity contribution in [1.29, 1.82) is 0 Å². The molecule has 1 nitrogen and oxygen atoms in total. The molecule has 3 heteroatoms. The minimum Gasteiger partial charge on any atom is -0.313 e. The number of benzene rings is 1. The summed E-state index contributed by atoms with van der Waals surface area (Å²) in [5.41, 5.74) is 0. The minimum absolute atomic E-state index is 0.638. The molecule has 0 spiro atoms. The summed E-state index contributed by atoms with van der Waals surface area (Å²) in [5.74, 6) is 1.99. The second-order valence-corrected chi connectivity index (χ2v) is 6.42. The number of nitrogens with one attached hydrogen (secondary N) is 1. The lowest BCUT2D eigenvalue weighted by molar-refractivity contribution is 0.394. The van der Waals surface area contributed by atoms with E-state index in [1.165, 1.54) is 30.6 Å².